The molecule has 0 aliphatic carbocycles. The molecule has 80 valence electrons. The number of rotatable bonds is 1. The van der Waals surface area contributed by atoms with Crippen LogP contribution in [0.2, 0.25) is 5.02 Å². The predicted molar refractivity (Wildman–Crippen MR) is 51.5 cm³/mol. The molecule has 14 heavy (non-hydrogen) atoms. The van der Waals surface area contributed by atoms with Crippen molar-refractivity contribution in [2.75, 3.05) is 5.43 Å². The fraction of sp³-hybridized carbons (Fsp3) is 0.143. The van der Waals surface area contributed by atoms with Gasteiger partial charge < -0.3 is 5.43 Å². The van der Waals surface area contributed by atoms with Gasteiger partial charge in [0.05, 0.1) is 11.3 Å². The maximum Gasteiger partial charge on any atom is 0.416 e. The number of hydrazine groups is 1. The van der Waals surface area contributed by atoms with E-state index in [2.05, 4.69) is 5.43 Å². The van der Waals surface area contributed by atoms with Gasteiger partial charge in [0.15, 0.2) is 0 Å². The van der Waals surface area contributed by atoms with Crippen molar-refractivity contribution >= 4 is 29.7 Å². The first-order valence-electron chi connectivity index (χ1n) is 3.28. The SMILES string of the molecule is Cl.NNc1cc(Cl)cc(C(F)(F)F)c1. The van der Waals surface area contributed by atoms with Crippen LogP contribution in [0.15, 0.2) is 18.2 Å². The third-order valence-corrected chi connectivity index (χ3v) is 1.61. The van der Waals surface area contributed by atoms with Crippen LogP contribution in [0.25, 0.3) is 0 Å². The molecule has 0 unspecified atom stereocenters. The van der Waals surface area contributed by atoms with Crippen LogP contribution in [-0.2, 0) is 6.18 Å². The largest absolute Gasteiger partial charge is 0.416 e. The number of hydrogen-bond acceptors (Lipinski definition) is 2. The van der Waals surface area contributed by atoms with Gasteiger partial charge in [0.25, 0.3) is 0 Å². The average Bonchev–Trinajstić information content (AvgIpc) is 2.01. The Morgan fingerprint density at radius 2 is 1.79 bits per heavy atom. The smallest absolute Gasteiger partial charge is 0.324 e. The molecule has 7 heteroatoms. The number of nitrogens with two attached hydrogens (primary N) is 1. The van der Waals surface area contributed by atoms with E-state index in [1.54, 1.807) is 0 Å². The van der Waals surface area contributed by atoms with Crippen LogP contribution in [-0.4, -0.2) is 0 Å². The van der Waals surface area contributed by atoms with Crippen molar-refractivity contribution in [1.82, 2.24) is 0 Å². The molecule has 2 nitrogen and oxygen atoms in total. The molecule has 0 aliphatic heterocycles. The van der Waals surface area contributed by atoms with E-state index in [0.717, 1.165) is 12.1 Å². The second-order valence-electron chi connectivity index (χ2n) is 2.37. The van der Waals surface area contributed by atoms with Crippen LogP contribution in [0.5, 0.6) is 0 Å². The molecule has 1 rings (SSSR count). The Labute approximate surface area is 89.6 Å². The van der Waals surface area contributed by atoms with Gasteiger partial charge in [-0.15, -0.1) is 12.4 Å². The maximum atomic E-state index is 12.2. The van der Waals surface area contributed by atoms with E-state index < -0.39 is 11.7 Å². The molecule has 0 heterocycles. The summed E-state index contributed by atoms with van der Waals surface area (Å²) in [5.74, 6) is 4.95. The van der Waals surface area contributed by atoms with Crippen LogP contribution >= 0.6 is 24.0 Å². The first-order valence-corrected chi connectivity index (χ1v) is 3.65. The summed E-state index contributed by atoms with van der Waals surface area (Å²) in [6, 6.07) is 3.02. The van der Waals surface area contributed by atoms with E-state index in [1.165, 1.54) is 6.07 Å². The van der Waals surface area contributed by atoms with Crippen LogP contribution < -0.4 is 11.3 Å². The third kappa shape index (κ3) is 3.25. The topological polar surface area (TPSA) is 38.0 Å². The van der Waals surface area contributed by atoms with Crippen molar-refractivity contribution < 1.29 is 13.2 Å². The highest BCUT2D eigenvalue weighted by Gasteiger charge is 2.31. The van der Waals surface area contributed by atoms with Gasteiger partial charge in [-0.1, -0.05) is 11.6 Å². The van der Waals surface area contributed by atoms with E-state index in [9.17, 15) is 13.2 Å². The number of halogens is 5. The lowest BCUT2D eigenvalue weighted by Gasteiger charge is -2.09. The molecule has 0 amide bonds. The summed E-state index contributed by atoms with van der Waals surface area (Å²) in [5, 5.41) is -0.0113. The van der Waals surface area contributed by atoms with E-state index in [0.29, 0.717) is 0 Å². The number of anilines is 1. The number of nitrogen functional groups attached to an aromatic ring is 1. The summed E-state index contributed by atoms with van der Waals surface area (Å²) in [4.78, 5) is 0. The van der Waals surface area contributed by atoms with Gasteiger partial charge in [-0.25, -0.2) is 0 Å². The molecular weight excluding hydrogens is 240 g/mol. The molecule has 0 radical (unpaired) electrons. The molecule has 0 spiro atoms. The molecular formula is C7H7Cl2F3N2. The van der Waals surface area contributed by atoms with Gasteiger partial charge in [0.1, 0.15) is 0 Å². The molecule has 1 aromatic carbocycles. The second kappa shape index (κ2) is 4.72. The van der Waals surface area contributed by atoms with E-state index >= 15 is 0 Å². The standard InChI is InChI=1S/C7H6ClF3N2.ClH/c8-5-1-4(7(9,10)11)2-6(3-5)13-12;/h1-3,13H,12H2;1H. The minimum absolute atomic E-state index is 0. The maximum absolute atomic E-state index is 12.2. The highest BCUT2D eigenvalue weighted by atomic mass is 35.5. The molecule has 1 aromatic rings. The number of benzene rings is 1. The van der Waals surface area contributed by atoms with E-state index in [-0.39, 0.29) is 23.1 Å². The van der Waals surface area contributed by atoms with Crippen LogP contribution in [0.3, 0.4) is 0 Å². The Bertz CT molecular complexity index is 314. The minimum atomic E-state index is -4.41. The Balaban J connectivity index is 0.00000169. The van der Waals surface area contributed by atoms with Gasteiger partial charge in [-0.2, -0.15) is 13.2 Å². The van der Waals surface area contributed by atoms with Crippen LogP contribution in [0.4, 0.5) is 18.9 Å². The monoisotopic (exact) mass is 246 g/mol. The molecule has 0 aliphatic rings. The zero-order valence-electron chi connectivity index (χ0n) is 6.73. The Kier molecular flexibility index (Phi) is 4.51. The number of hydrogen-bond donors (Lipinski definition) is 2. The van der Waals surface area contributed by atoms with E-state index in [4.69, 9.17) is 17.4 Å². The molecule has 0 saturated carbocycles. The second-order valence-corrected chi connectivity index (χ2v) is 2.81. The zero-order valence-corrected chi connectivity index (χ0v) is 8.30. The van der Waals surface area contributed by atoms with Crippen molar-refractivity contribution in [2.45, 2.75) is 6.18 Å². The van der Waals surface area contributed by atoms with Crippen molar-refractivity contribution in [3.8, 4) is 0 Å². The summed E-state index contributed by atoms with van der Waals surface area (Å²) in [5.41, 5.74) is 1.39. The van der Waals surface area contributed by atoms with Crippen LogP contribution in [0, 0.1) is 0 Å². The lowest BCUT2D eigenvalue weighted by atomic mass is 10.2. The molecule has 0 bridgehead atoms. The highest BCUT2D eigenvalue weighted by molar-refractivity contribution is 6.30. The number of nitrogens with one attached hydrogen (secondary N) is 1. The van der Waals surface area contributed by atoms with Crippen molar-refractivity contribution in [2.24, 2.45) is 5.84 Å². The van der Waals surface area contributed by atoms with Gasteiger partial charge in [-0.05, 0) is 18.2 Å². The number of alkyl halides is 3. The lowest BCUT2D eigenvalue weighted by molar-refractivity contribution is -0.137. The highest BCUT2D eigenvalue weighted by Crippen LogP contribution is 2.32. The Morgan fingerprint density at radius 1 is 1.21 bits per heavy atom. The summed E-state index contributed by atoms with van der Waals surface area (Å²) < 4.78 is 36.5. The Morgan fingerprint density at radius 3 is 2.21 bits per heavy atom. The fourth-order valence-corrected chi connectivity index (χ4v) is 1.07. The zero-order chi connectivity index (χ0) is 10.1. The fourth-order valence-electron chi connectivity index (χ4n) is 0.837. The van der Waals surface area contributed by atoms with Crippen molar-refractivity contribution in [3.63, 3.8) is 0 Å². The quantitative estimate of drug-likeness (QED) is 0.591. The van der Waals surface area contributed by atoms with Crippen molar-refractivity contribution in [3.05, 3.63) is 28.8 Å². The first kappa shape index (κ1) is 13.4. The normalized spacial score (nSPS) is 10.6. The molecule has 0 saturated heterocycles. The molecule has 0 atom stereocenters. The van der Waals surface area contributed by atoms with Gasteiger partial charge >= 0.3 is 6.18 Å². The summed E-state index contributed by atoms with van der Waals surface area (Å²) >= 11 is 5.44. The summed E-state index contributed by atoms with van der Waals surface area (Å²) in [6.07, 6.45) is -4.41. The average molecular weight is 247 g/mol. The minimum Gasteiger partial charge on any atom is -0.324 e. The van der Waals surface area contributed by atoms with Crippen molar-refractivity contribution in [1.29, 1.82) is 0 Å². The van der Waals surface area contributed by atoms with Gasteiger partial charge in [-0.3, -0.25) is 5.84 Å². The van der Waals surface area contributed by atoms with E-state index in [1.807, 2.05) is 0 Å². The molecule has 3 N–H and O–H groups in total. The van der Waals surface area contributed by atoms with Gasteiger partial charge in [0.2, 0.25) is 0 Å². The lowest BCUT2D eigenvalue weighted by Crippen LogP contribution is -2.10. The third-order valence-electron chi connectivity index (χ3n) is 1.39. The Hall–Kier alpha value is -0.650. The van der Waals surface area contributed by atoms with Gasteiger partial charge in [0, 0.05) is 5.02 Å². The predicted octanol–water partition coefficient (Wildman–Crippen LogP) is 3.07. The summed E-state index contributed by atoms with van der Waals surface area (Å²) in [7, 11) is 0. The first-order chi connectivity index (χ1) is 5.93. The molecule has 0 aromatic heterocycles. The van der Waals surface area contributed by atoms with Crippen LogP contribution in [0.1, 0.15) is 5.56 Å². The summed E-state index contributed by atoms with van der Waals surface area (Å²) in [6.45, 7) is 0. The molecule has 0 fully saturated rings.